The molecule has 0 aromatic carbocycles. The summed E-state index contributed by atoms with van der Waals surface area (Å²) in [6, 6.07) is 0. The van der Waals surface area contributed by atoms with E-state index >= 15 is 0 Å². The molecule has 104 valence electrons. The molecule has 0 radical (unpaired) electrons. The van der Waals surface area contributed by atoms with Crippen LogP contribution < -0.4 is 10.3 Å². The number of aryl methyl sites for hydroxylation is 1. The first-order valence-electron chi connectivity index (χ1n) is 6.20. The highest BCUT2D eigenvalue weighted by molar-refractivity contribution is 5.93. The van der Waals surface area contributed by atoms with Gasteiger partial charge in [-0.25, -0.2) is 0 Å². The second-order valence-electron chi connectivity index (χ2n) is 4.91. The third-order valence-corrected chi connectivity index (χ3v) is 3.60. The Balaban J connectivity index is 2.34. The first kappa shape index (κ1) is 13.9. The number of aliphatic hydroxyl groups is 2. The molecule has 0 aliphatic carbocycles. The van der Waals surface area contributed by atoms with Crippen LogP contribution in [0.15, 0.2) is 12.4 Å². The predicted octanol–water partition coefficient (Wildman–Crippen LogP) is -0.669. The maximum Gasteiger partial charge on any atom is 0.265 e. The van der Waals surface area contributed by atoms with E-state index in [1.807, 2.05) is 20.0 Å². The average Bonchev–Trinajstić information content (AvgIpc) is 2.73. The number of hydrogen-bond donors (Lipinski definition) is 3. The van der Waals surface area contributed by atoms with E-state index in [2.05, 4.69) is 0 Å². The molecule has 1 aliphatic heterocycles. The molecular formula is C13H19N2O4+. The van der Waals surface area contributed by atoms with Gasteiger partial charge in [0.25, 0.3) is 12.1 Å². The second-order valence-corrected chi connectivity index (χ2v) is 4.91. The van der Waals surface area contributed by atoms with Crippen molar-refractivity contribution in [2.45, 2.75) is 38.7 Å². The molecule has 1 fully saturated rings. The number of primary amides is 1. The minimum Gasteiger partial charge on any atom is -0.394 e. The fourth-order valence-corrected chi connectivity index (χ4v) is 2.29. The normalized spacial score (nSPS) is 26.6. The molecule has 2 rings (SSSR count). The van der Waals surface area contributed by atoms with Crippen molar-refractivity contribution in [1.29, 1.82) is 0 Å². The Labute approximate surface area is 111 Å². The first-order valence-corrected chi connectivity index (χ1v) is 6.20. The summed E-state index contributed by atoms with van der Waals surface area (Å²) >= 11 is 0. The first-order chi connectivity index (χ1) is 8.93. The van der Waals surface area contributed by atoms with E-state index in [9.17, 15) is 9.90 Å². The lowest BCUT2D eigenvalue weighted by molar-refractivity contribution is -0.759. The van der Waals surface area contributed by atoms with Gasteiger partial charge in [-0.2, -0.15) is 4.57 Å². The molecule has 1 aromatic rings. The summed E-state index contributed by atoms with van der Waals surface area (Å²) in [5.74, 6) is -0.493. The summed E-state index contributed by atoms with van der Waals surface area (Å²) in [7, 11) is 0. The number of aliphatic hydroxyl groups excluding tert-OH is 2. The fourth-order valence-electron chi connectivity index (χ4n) is 2.29. The zero-order valence-corrected chi connectivity index (χ0v) is 11.0. The van der Waals surface area contributed by atoms with Gasteiger partial charge in [0.1, 0.15) is 11.7 Å². The van der Waals surface area contributed by atoms with Gasteiger partial charge in [-0.1, -0.05) is 0 Å². The third kappa shape index (κ3) is 2.60. The Morgan fingerprint density at radius 3 is 2.74 bits per heavy atom. The van der Waals surface area contributed by atoms with Crippen molar-refractivity contribution in [3.63, 3.8) is 0 Å². The molecule has 6 nitrogen and oxygen atoms in total. The molecule has 1 aromatic heterocycles. The van der Waals surface area contributed by atoms with Crippen molar-refractivity contribution in [3.8, 4) is 0 Å². The quantitative estimate of drug-likeness (QED) is 0.633. The van der Waals surface area contributed by atoms with Crippen LogP contribution in [-0.2, 0) is 4.74 Å². The standard InChI is InChI=1S/C13H18N2O4/c1-7-4-15(5-9(8(7)2)13(14)18)12-3-10(17)11(6-16)19-12/h4-5,10-12,16-17H,3,6H2,1-2H3,(H-,14,18)/p+1/t10-,11+,12+/m0/s1. The van der Waals surface area contributed by atoms with E-state index < -0.39 is 24.3 Å². The van der Waals surface area contributed by atoms with E-state index in [0.717, 1.165) is 11.1 Å². The molecular weight excluding hydrogens is 248 g/mol. The Hall–Kier alpha value is -1.50. The summed E-state index contributed by atoms with van der Waals surface area (Å²) in [6.45, 7) is 3.49. The molecule has 1 aliphatic rings. The molecule has 19 heavy (non-hydrogen) atoms. The van der Waals surface area contributed by atoms with Crippen LogP contribution in [0.5, 0.6) is 0 Å². The Morgan fingerprint density at radius 1 is 1.53 bits per heavy atom. The van der Waals surface area contributed by atoms with Crippen molar-refractivity contribution in [1.82, 2.24) is 0 Å². The zero-order valence-electron chi connectivity index (χ0n) is 11.0. The van der Waals surface area contributed by atoms with Crippen LogP contribution in [-0.4, -0.2) is 34.9 Å². The summed E-state index contributed by atoms with van der Waals surface area (Å²) in [4.78, 5) is 11.4. The number of nitrogens with zero attached hydrogens (tertiary/aromatic N) is 1. The van der Waals surface area contributed by atoms with Gasteiger partial charge < -0.3 is 20.7 Å². The molecule has 0 spiro atoms. The Kier molecular flexibility index (Phi) is 3.84. The topological polar surface area (TPSA) is 96.7 Å². The van der Waals surface area contributed by atoms with Gasteiger partial charge in [0.2, 0.25) is 0 Å². The van der Waals surface area contributed by atoms with Gasteiger partial charge in [-0.15, -0.1) is 0 Å². The van der Waals surface area contributed by atoms with Crippen LogP contribution >= 0.6 is 0 Å². The van der Waals surface area contributed by atoms with Gasteiger partial charge in [-0.3, -0.25) is 4.79 Å². The summed E-state index contributed by atoms with van der Waals surface area (Å²) in [6.07, 6.45) is 2.15. The number of ether oxygens (including phenoxy) is 1. The number of pyridine rings is 1. The lowest BCUT2D eigenvalue weighted by atomic mass is 10.1. The van der Waals surface area contributed by atoms with Crippen molar-refractivity contribution >= 4 is 5.91 Å². The van der Waals surface area contributed by atoms with E-state index in [1.54, 1.807) is 10.8 Å². The van der Waals surface area contributed by atoms with Crippen LogP contribution in [0.2, 0.25) is 0 Å². The molecule has 6 heteroatoms. The number of aromatic nitrogens is 1. The predicted molar refractivity (Wildman–Crippen MR) is 66.2 cm³/mol. The van der Waals surface area contributed by atoms with E-state index in [1.165, 1.54) is 0 Å². The maximum absolute atomic E-state index is 11.4. The maximum atomic E-state index is 11.4. The minimum absolute atomic E-state index is 0.230. The molecule has 1 amide bonds. The van der Waals surface area contributed by atoms with Gasteiger partial charge in [0.15, 0.2) is 12.4 Å². The summed E-state index contributed by atoms with van der Waals surface area (Å²) in [5.41, 5.74) is 7.54. The lowest BCUT2D eigenvalue weighted by Crippen LogP contribution is -2.41. The lowest BCUT2D eigenvalue weighted by Gasteiger charge is -2.10. The average molecular weight is 267 g/mol. The monoisotopic (exact) mass is 267 g/mol. The van der Waals surface area contributed by atoms with Crippen molar-refractivity contribution in [3.05, 3.63) is 29.1 Å². The highest BCUT2D eigenvalue weighted by atomic mass is 16.5. The number of carbonyl (C=O) groups excluding carboxylic acids is 1. The molecule has 0 saturated carbocycles. The van der Waals surface area contributed by atoms with Crippen molar-refractivity contribution < 1.29 is 24.3 Å². The Morgan fingerprint density at radius 2 is 2.21 bits per heavy atom. The number of rotatable bonds is 3. The zero-order chi connectivity index (χ0) is 14.2. The number of amides is 1. The van der Waals surface area contributed by atoms with Crippen LogP contribution in [0, 0.1) is 13.8 Å². The van der Waals surface area contributed by atoms with E-state index in [4.69, 9.17) is 15.6 Å². The molecule has 2 heterocycles. The SMILES string of the molecule is Cc1c[n+]([C@H]2C[C@H](O)[C@@H](CO)O2)cc(C(N)=O)c1C. The van der Waals surface area contributed by atoms with Crippen molar-refractivity contribution in [2.75, 3.05) is 6.61 Å². The van der Waals surface area contributed by atoms with Gasteiger partial charge >= 0.3 is 0 Å². The van der Waals surface area contributed by atoms with Crippen molar-refractivity contribution in [2.24, 2.45) is 5.73 Å². The highest BCUT2D eigenvalue weighted by Gasteiger charge is 2.39. The second kappa shape index (κ2) is 5.24. The summed E-state index contributed by atoms with van der Waals surface area (Å²) in [5, 5.41) is 18.8. The number of hydrogen-bond acceptors (Lipinski definition) is 4. The number of carbonyl (C=O) groups is 1. The van der Waals surface area contributed by atoms with Gasteiger partial charge in [-0.05, 0) is 19.4 Å². The third-order valence-electron chi connectivity index (χ3n) is 3.60. The van der Waals surface area contributed by atoms with Crippen LogP contribution in [0.25, 0.3) is 0 Å². The minimum atomic E-state index is -0.707. The van der Waals surface area contributed by atoms with E-state index in [-0.39, 0.29) is 6.61 Å². The highest BCUT2D eigenvalue weighted by Crippen LogP contribution is 2.25. The molecule has 1 saturated heterocycles. The van der Waals surface area contributed by atoms with Crippen LogP contribution in [0.4, 0.5) is 0 Å². The molecule has 3 atom stereocenters. The number of nitrogens with two attached hydrogens (primary N) is 1. The fraction of sp³-hybridized carbons (Fsp3) is 0.538. The van der Waals surface area contributed by atoms with E-state index in [0.29, 0.717) is 12.0 Å². The van der Waals surface area contributed by atoms with Crippen LogP contribution in [0.3, 0.4) is 0 Å². The summed E-state index contributed by atoms with van der Waals surface area (Å²) < 4.78 is 7.27. The molecule has 4 N–H and O–H groups in total. The smallest absolute Gasteiger partial charge is 0.265 e. The largest absolute Gasteiger partial charge is 0.394 e. The molecule has 0 bridgehead atoms. The Bertz CT molecular complexity index is 504. The van der Waals surface area contributed by atoms with Crippen LogP contribution in [0.1, 0.15) is 34.1 Å². The van der Waals surface area contributed by atoms with Gasteiger partial charge in [0.05, 0.1) is 19.1 Å². The van der Waals surface area contributed by atoms with Gasteiger partial charge in [0, 0.05) is 5.56 Å². The molecule has 0 unspecified atom stereocenters.